The van der Waals surface area contributed by atoms with E-state index in [1.807, 2.05) is 0 Å². The first kappa shape index (κ1) is 13.6. The highest BCUT2D eigenvalue weighted by Gasteiger charge is 2.19. The molecule has 1 aromatic carbocycles. The SMILES string of the molecule is Cc1ccc(C)c(CN2CCCC(CCO)C2)c1. The highest BCUT2D eigenvalue weighted by Crippen LogP contribution is 2.22. The normalized spacial score (nSPS) is 21.2. The topological polar surface area (TPSA) is 23.5 Å². The summed E-state index contributed by atoms with van der Waals surface area (Å²) in [6.45, 7) is 8.11. The first-order valence-corrected chi connectivity index (χ1v) is 7.08. The average molecular weight is 247 g/mol. The predicted molar refractivity (Wildman–Crippen MR) is 75.6 cm³/mol. The van der Waals surface area contributed by atoms with Gasteiger partial charge < -0.3 is 5.11 Å². The monoisotopic (exact) mass is 247 g/mol. The highest BCUT2D eigenvalue weighted by molar-refractivity contribution is 5.30. The van der Waals surface area contributed by atoms with E-state index in [-0.39, 0.29) is 0 Å². The van der Waals surface area contributed by atoms with Crippen molar-refractivity contribution in [3.63, 3.8) is 0 Å². The minimum absolute atomic E-state index is 0.335. The number of rotatable bonds is 4. The Hall–Kier alpha value is -0.860. The number of benzene rings is 1. The molecule has 2 rings (SSSR count). The quantitative estimate of drug-likeness (QED) is 0.884. The molecule has 1 N–H and O–H groups in total. The molecular weight excluding hydrogens is 222 g/mol. The second-order valence-electron chi connectivity index (χ2n) is 5.69. The number of piperidine rings is 1. The largest absolute Gasteiger partial charge is 0.396 e. The maximum absolute atomic E-state index is 9.06. The first-order valence-electron chi connectivity index (χ1n) is 7.08. The van der Waals surface area contributed by atoms with Crippen molar-refractivity contribution >= 4 is 0 Å². The minimum Gasteiger partial charge on any atom is -0.396 e. The van der Waals surface area contributed by atoms with Gasteiger partial charge in [0.25, 0.3) is 0 Å². The van der Waals surface area contributed by atoms with Crippen LogP contribution in [0, 0.1) is 19.8 Å². The number of aryl methyl sites for hydroxylation is 2. The maximum atomic E-state index is 9.06. The summed E-state index contributed by atoms with van der Waals surface area (Å²) < 4.78 is 0. The van der Waals surface area contributed by atoms with Crippen LogP contribution in [-0.4, -0.2) is 29.7 Å². The van der Waals surface area contributed by atoms with Crippen LogP contribution in [0.3, 0.4) is 0 Å². The first-order chi connectivity index (χ1) is 8.69. The smallest absolute Gasteiger partial charge is 0.0434 e. The van der Waals surface area contributed by atoms with Crippen LogP contribution in [0.2, 0.25) is 0 Å². The number of hydrogen-bond acceptors (Lipinski definition) is 2. The summed E-state index contributed by atoms with van der Waals surface area (Å²) in [5.74, 6) is 0.689. The van der Waals surface area contributed by atoms with Gasteiger partial charge in [-0.15, -0.1) is 0 Å². The molecule has 0 amide bonds. The molecule has 1 fully saturated rings. The van der Waals surface area contributed by atoms with E-state index in [4.69, 9.17) is 5.11 Å². The molecule has 1 unspecified atom stereocenters. The number of aliphatic hydroxyl groups excluding tert-OH is 1. The highest BCUT2D eigenvalue weighted by atomic mass is 16.3. The zero-order valence-electron chi connectivity index (χ0n) is 11.7. The molecule has 2 heteroatoms. The molecule has 2 nitrogen and oxygen atoms in total. The Labute approximate surface area is 111 Å². The summed E-state index contributed by atoms with van der Waals surface area (Å²) in [5, 5.41) is 9.06. The van der Waals surface area contributed by atoms with Crippen LogP contribution in [0.5, 0.6) is 0 Å². The zero-order chi connectivity index (χ0) is 13.0. The van der Waals surface area contributed by atoms with Crippen molar-refractivity contribution in [1.82, 2.24) is 4.90 Å². The van der Waals surface area contributed by atoms with Crippen LogP contribution < -0.4 is 0 Å². The van der Waals surface area contributed by atoms with Gasteiger partial charge in [0.15, 0.2) is 0 Å². The van der Waals surface area contributed by atoms with Crippen LogP contribution in [0.1, 0.15) is 36.0 Å². The van der Waals surface area contributed by atoms with E-state index in [2.05, 4.69) is 36.9 Å². The molecule has 18 heavy (non-hydrogen) atoms. The fraction of sp³-hybridized carbons (Fsp3) is 0.625. The van der Waals surface area contributed by atoms with Crippen LogP contribution in [0.25, 0.3) is 0 Å². The van der Waals surface area contributed by atoms with Crippen LogP contribution in [0.4, 0.5) is 0 Å². The van der Waals surface area contributed by atoms with Gasteiger partial charge in [-0.05, 0) is 56.7 Å². The fourth-order valence-corrected chi connectivity index (χ4v) is 2.92. The van der Waals surface area contributed by atoms with Crippen molar-refractivity contribution in [2.45, 2.75) is 39.7 Å². The molecule has 0 saturated carbocycles. The Balaban J connectivity index is 1.98. The summed E-state index contributed by atoms with van der Waals surface area (Å²) in [5.41, 5.74) is 4.20. The molecule has 0 radical (unpaired) electrons. The Morgan fingerprint density at radius 1 is 1.33 bits per heavy atom. The van der Waals surface area contributed by atoms with Crippen molar-refractivity contribution in [3.8, 4) is 0 Å². The third kappa shape index (κ3) is 3.56. The van der Waals surface area contributed by atoms with E-state index in [1.54, 1.807) is 0 Å². The van der Waals surface area contributed by atoms with E-state index in [1.165, 1.54) is 36.1 Å². The van der Waals surface area contributed by atoms with Gasteiger partial charge in [-0.3, -0.25) is 4.90 Å². The predicted octanol–water partition coefficient (Wildman–Crippen LogP) is 2.90. The van der Waals surface area contributed by atoms with Gasteiger partial charge in [0.05, 0.1) is 0 Å². The van der Waals surface area contributed by atoms with Crippen molar-refractivity contribution in [3.05, 3.63) is 34.9 Å². The molecule has 0 aliphatic carbocycles. The minimum atomic E-state index is 0.335. The lowest BCUT2D eigenvalue weighted by Gasteiger charge is -2.33. The fourth-order valence-electron chi connectivity index (χ4n) is 2.92. The van der Waals surface area contributed by atoms with Crippen molar-refractivity contribution < 1.29 is 5.11 Å². The van der Waals surface area contributed by atoms with Gasteiger partial charge in [0, 0.05) is 19.7 Å². The lowest BCUT2D eigenvalue weighted by Crippen LogP contribution is -2.35. The molecule has 0 bridgehead atoms. The Morgan fingerprint density at radius 3 is 2.94 bits per heavy atom. The lowest BCUT2D eigenvalue weighted by molar-refractivity contribution is 0.142. The molecule has 1 atom stereocenters. The van der Waals surface area contributed by atoms with E-state index in [9.17, 15) is 0 Å². The van der Waals surface area contributed by atoms with Gasteiger partial charge >= 0.3 is 0 Å². The van der Waals surface area contributed by atoms with E-state index in [0.717, 1.165) is 19.5 Å². The molecule has 100 valence electrons. The lowest BCUT2D eigenvalue weighted by atomic mass is 9.94. The number of hydrogen-bond donors (Lipinski definition) is 1. The Kier molecular flexibility index (Phi) is 4.79. The number of aliphatic hydroxyl groups is 1. The van der Waals surface area contributed by atoms with Crippen molar-refractivity contribution in [2.24, 2.45) is 5.92 Å². The van der Waals surface area contributed by atoms with Crippen LogP contribution in [-0.2, 0) is 6.54 Å². The van der Waals surface area contributed by atoms with Crippen LogP contribution in [0.15, 0.2) is 18.2 Å². The van der Waals surface area contributed by atoms with E-state index >= 15 is 0 Å². The van der Waals surface area contributed by atoms with Gasteiger partial charge in [0.1, 0.15) is 0 Å². The van der Waals surface area contributed by atoms with Gasteiger partial charge in [0.2, 0.25) is 0 Å². The Bertz CT molecular complexity index is 387. The standard InChI is InChI=1S/C16H25NO/c1-13-5-6-14(2)16(10-13)12-17-8-3-4-15(11-17)7-9-18/h5-6,10,15,18H,3-4,7-9,11-12H2,1-2H3. The molecule has 1 aromatic rings. The third-order valence-electron chi connectivity index (χ3n) is 4.04. The zero-order valence-corrected chi connectivity index (χ0v) is 11.7. The summed E-state index contributed by atoms with van der Waals surface area (Å²) in [4.78, 5) is 2.55. The van der Waals surface area contributed by atoms with Gasteiger partial charge in [-0.1, -0.05) is 23.8 Å². The average Bonchev–Trinajstić information content (AvgIpc) is 2.35. The molecule has 1 heterocycles. The van der Waals surface area contributed by atoms with Crippen molar-refractivity contribution in [1.29, 1.82) is 0 Å². The summed E-state index contributed by atoms with van der Waals surface area (Å²) in [7, 11) is 0. The summed E-state index contributed by atoms with van der Waals surface area (Å²) in [6, 6.07) is 6.72. The molecular formula is C16H25NO. The number of likely N-dealkylation sites (tertiary alicyclic amines) is 1. The molecule has 1 saturated heterocycles. The van der Waals surface area contributed by atoms with Gasteiger partial charge in [-0.2, -0.15) is 0 Å². The molecule has 1 aliphatic rings. The maximum Gasteiger partial charge on any atom is 0.0434 e. The van der Waals surface area contributed by atoms with E-state index < -0.39 is 0 Å². The summed E-state index contributed by atoms with van der Waals surface area (Å²) >= 11 is 0. The molecule has 1 aliphatic heterocycles. The third-order valence-corrected chi connectivity index (χ3v) is 4.04. The van der Waals surface area contributed by atoms with Crippen LogP contribution >= 0.6 is 0 Å². The second kappa shape index (κ2) is 6.35. The number of nitrogens with zero attached hydrogens (tertiary/aromatic N) is 1. The summed E-state index contributed by atoms with van der Waals surface area (Å²) in [6.07, 6.45) is 3.52. The second-order valence-corrected chi connectivity index (χ2v) is 5.69. The molecule has 0 aromatic heterocycles. The molecule has 0 spiro atoms. The van der Waals surface area contributed by atoms with Gasteiger partial charge in [-0.25, -0.2) is 0 Å². The van der Waals surface area contributed by atoms with E-state index in [0.29, 0.717) is 12.5 Å². The van der Waals surface area contributed by atoms with Crippen molar-refractivity contribution in [2.75, 3.05) is 19.7 Å². The Morgan fingerprint density at radius 2 is 2.17 bits per heavy atom.